The van der Waals surface area contributed by atoms with Crippen molar-refractivity contribution in [1.29, 1.82) is 0 Å². The van der Waals surface area contributed by atoms with Gasteiger partial charge in [0.25, 0.3) is 5.91 Å². The molecule has 1 heterocycles. The smallest absolute Gasteiger partial charge is 0.257 e. The molecule has 3 aromatic rings. The number of hydrogen-bond donors (Lipinski definition) is 2. The lowest BCUT2D eigenvalue weighted by Crippen LogP contribution is -2.46. The van der Waals surface area contributed by atoms with Crippen LogP contribution in [-0.4, -0.2) is 48.7 Å². The maximum atomic E-state index is 12.5. The summed E-state index contributed by atoms with van der Waals surface area (Å²) in [4.78, 5) is 17.4. The number of carbonyl (C=O) groups is 1. The number of amides is 1. The van der Waals surface area contributed by atoms with Crippen molar-refractivity contribution < 1.29 is 9.53 Å². The highest BCUT2D eigenvalue weighted by Crippen LogP contribution is 2.22. The van der Waals surface area contributed by atoms with E-state index in [4.69, 9.17) is 28.6 Å². The standard InChI is InChI=1S/C29H33ClN4O2S/c1-21(2)20-36-26-13-7-22(8-14-26)28(35)32-29(37)31-24-9-11-25(12-10-24)34-17-15-33(16-18-34)19-23-5-3-4-6-27(23)30/h3-14,21H,15-20H2,1-2H3,(H2,31,32,35,37). The van der Waals surface area contributed by atoms with Crippen LogP contribution >= 0.6 is 23.8 Å². The van der Waals surface area contributed by atoms with Crippen LogP contribution in [0.2, 0.25) is 5.02 Å². The molecule has 2 N–H and O–H groups in total. The first kappa shape index (κ1) is 26.9. The second-order valence-electron chi connectivity index (χ2n) is 9.54. The van der Waals surface area contributed by atoms with Gasteiger partial charge in [-0.3, -0.25) is 15.0 Å². The third kappa shape index (κ3) is 7.92. The Hall–Kier alpha value is -3.13. The van der Waals surface area contributed by atoms with Gasteiger partial charge in [0, 0.05) is 54.7 Å². The summed E-state index contributed by atoms with van der Waals surface area (Å²) in [5, 5.41) is 6.91. The molecule has 0 aromatic heterocycles. The molecule has 4 rings (SSSR count). The molecular formula is C29H33ClN4O2S. The summed E-state index contributed by atoms with van der Waals surface area (Å²) in [5.74, 6) is 0.919. The van der Waals surface area contributed by atoms with Crippen LogP contribution in [0.1, 0.15) is 29.8 Å². The lowest BCUT2D eigenvalue weighted by Gasteiger charge is -2.36. The lowest BCUT2D eigenvalue weighted by molar-refractivity contribution is 0.0977. The van der Waals surface area contributed by atoms with Gasteiger partial charge in [-0.1, -0.05) is 43.6 Å². The fourth-order valence-corrected chi connectivity index (χ4v) is 4.50. The number of thiocarbonyl (C=S) groups is 1. The Kier molecular flexibility index (Phi) is 9.39. The maximum Gasteiger partial charge on any atom is 0.257 e. The Labute approximate surface area is 229 Å². The molecule has 1 aliphatic heterocycles. The van der Waals surface area contributed by atoms with Crippen LogP contribution in [0.5, 0.6) is 5.75 Å². The summed E-state index contributed by atoms with van der Waals surface area (Å²) in [6.07, 6.45) is 0. The SMILES string of the molecule is CC(C)COc1ccc(C(=O)NC(=S)Nc2ccc(N3CCN(Cc4ccccc4Cl)CC3)cc2)cc1. The van der Waals surface area contributed by atoms with Crippen molar-refractivity contribution in [2.75, 3.05) is 43.0 Å². The molecule has 0 atom stereocenters. The van der Waals surface area contributed by atoms with Crippen molar-refractivity contribution in [2.24, 2.45) is 5.92 Å². The van der Waals surface area contributed by atoms with Crippen LogP contribution in [0.3, 0.4) is 0 Å². The summed E-state index contributed by atoms with van der Waals surface area (Å²) in [6, 6.07) is 23.2. The second-order valence-corrected chi connectivity index (χ2v) is 10.4. The third-order valence-electron chi connectivity index (χ3n) is 6.14. The minimum Gasteiger partial charge on any atom is -0.493 e. The first-order chi connectivity index (χ1) is 17.9. The van der Waals surface area contributed by atoms with Crippen molar-refractivity contribution in [2.45, 2.75) is 20.4 Å². The number of benzene rings is 3. The van der Waals surface area contributed by atoms with E-state index in [1.54, 1.807) is 24.3 Å². The minimum atomic E-state index is -0.265. The number of anilines is 2. The molecule has 0 saturated carbocycles. The zero-order chi connectivity index (χ0) is 26.2. The predicted molar refractivity (Wildman–Crippen MR) is 156 cm³/mol. The van der Waals surface area contributed by atoms with E-state index in [0.717, 1.165) is 54.9 Å². The Morgan fingerprint density at radius 1 is 0.973 bits per heavy atom. The molecule has 0 unspecified atom stereocenters. The van der Waals surface area contributed by atoms with Gasteiger partial charge in [0.1, 0.15) is 5.75 Å². The summed E-state index contributed by atoms with van der Waals surface area (Å²) in [6.45, 7) is 9.55. The number of halogens is 1. The van der Waals surface area contributed by atoms with Gasteiger partial charge < -0.3 is 15.0 Å². The van der Waals surface area contributed by atoms with E-state index in [1.165, 1.54) is 5.56 Å². The van der Waals surface area contributed by atoms with E-state index in [1.807, 2.05) is 30.3 Å². The zero-order valence-corrected chi connectivity index (χ0v) is 22.8. The Morgan fingerprint density at radius 3 is 2.30 bits per heavy atom. The van der Waals surface area contributed by atoms with Gasteiger partial charge in [0.15, 0.2) is 5.11 Å². The normalized spacial score (nSPS) is 13.9. The molecule has 6 nitrogen and oxygen atoms in total. The molecule has 1 saturated heterocycles. The molecule has 1 amide bonds. The number of ether oxygens (including phenoxy) is 1. The van der Waals surface area contributed by atoms with Crippen molar-refractivity contribution in [3.63, 3.8) is 0 Å². The number of piperazine rings is 1. The number of nitrogens with zero attached hydrogens (tertiary/aromatic N) is 2. The van der Waals surface area contributed by atoms with E-state index >= 15 is 0 Å². The van der Waals surface area contributed by atoms with Crippen molar-refractivity contribution in [3.8, 4) is 5.75 Å². The van der Waals surface area contributed by atoms with E-state index < -0.39 is 0 Å². The van der Waals surface area contributed by atoms with Gasteiger partial charge in [-0.2, -0.15) is 0 Å². The van der Waals surface area contributed by atoms with E-state index in [9.17, 15) is 4.79 Å². The molecular weight excluding hydrogens is 504 g/mol. The number of rotatable bonds is 8. The Balaban J connectivity index is 1.23. The number of carbonyl (C=O) groups excluding carboxylic acids is 1. The largest absolute Gasteiger partial charge is 0.493 e. The van der Waals surface area contributed by atoms with Crippen LogP contribution < -0.4 is 20.3 Å². The molecule has 1 aliphatic rings. The third-order valence-corrected chi connectivity index (χ3v) is 6.71. The van der Waals surface area contributed by atoms with Crippen LogP contribution in [0.25, 0.3) is 0 Å². The summed E-state index contributed by atoms with van der Waals surface area (Å²) >= 11 is 11.7. The lowest BCUT2D eigenvalue weighted by atomic mass is 10.2. The fourth-order valence-electron chi connectivity index (χ4n) is 4.09. The maximum absolute atomic E-state index is 12.5. The highest BCUT2D eigenvalue weighted by molar-refractivity contribution is 7.80. The zero-order valence-electron chi connectivity index (χ0n) is 21.2. The van der Waals surface area contributed by atoms with Crippen LogP contribution in [-0.2, 0) is 6.54 Å². The van der Waals surface area contributed by atoms with Crippen LogP contribution in [0.15, 0.2) is 72.8 Å². The average molecular weight is 537 g/mol. The monoisotopic (exact) mass is 536 g/mol. The van der Waals surface area contributed by atoms with Crippen molar-refractivity contribution in [3.05, 3.63) is 88.9 Å². The highest BCUT2D eigenvalue weighted by Gasteiger charge is 2.18. The van der Waals surface area contributed by atoms with Gasteiger partial charge in [-0.15, -0.1) is 0 Å². The summed E-state index contributed by atoms with van der Waals surface area (Å²) in [5.41, 5.74) is 3.68. The van der Waals surface area contributed by atoms with Gasteiger partial charge in [-0.25, -0.2) is 0 Å². The van der Waals surface area contributed by atoms with E-state index in [0.29, 0.717) is 18.1 Å². The topological polar surface area (TPSA) is 56.8 Å². The molecule has 8 heteroatoms. The summed E-state index contributed by atoms with van der Waals surface area (Å²) in [7, 11) is 0. The minimum absolute atomic E-state index is 0.256. The number of nitrogens with one attached hydrogen (secondary N) is 2. The molecule has 0 radical (unpaired) electrons. The molecule has 3 aromatic carbocycles. The second kappa shape index (κ2) is 12.9. The predicted octanol–water partition coefficient (Wildman–Crippen LogP) is 5.82. The van der Waals surface area contributed by atoms with Gasteiger partial charge in [0.05, 0.1) is 6.61 Å². The van der Waals surface area contributed by atoms with E-state index in [2.05, 4.69) is 52.5 Å². The highest BCUT2D eigenvalue weighted by atomic mass is 35.5. The fraction of sp³-hybridized carbons (Fsp3) is 0.310. The molecule has 194 valence electrons. The average Bonchev–Trinajstić information content (AvgIpc) is 2.90. The van der Waals surface area contributed by atoms with Gasteiger partial charge in [0.2, 0.25) is 0 Å². The summed E-state index contributed by atoms with van der Waals surface area (Å²) < 4.78 is 5.67. The van der Waals surface area contributed by atoms with Gasteiger partial charge in [-0.05, 0) is 78.3 Å². The molecule has 0 bridgehead atoms. The molecule has 0 aliphatic carbocycles. The quantitative estimate of drug-likeness (QED) is 0.354. The van der Waals surface area contributed by atoms with Gasteiger partial charge >= 0.3 is 0 Å². The molecule has 0 spiro atoms. The number of hydrogen-bond acceptors (Lipinski definition) is 5. The van der Waals surface area contributed by atoms with Crippen LogP contribution in [0.4, 0.5) is 11.4 Å². The Morgan fingerprint density at radius 2 is 1.65 bits per heavy atom. The molecule has 37 heavy (non-hydrogen) atoms. The van der Waals surface area contributed by atoms with Crippen LogP contribution in [0, 0.1) is 5.92 Å². The molecule has 1 fully saturated rings. The van der Waals surface area contributed by atoms with Crippen molar-refractivity contribution in [1.82, 2.24) is 10.2 Å². The van der Waals surface area contributed by atoms with Crippen molar-refractivity contribution >= 4 is 46.2 Å². The first-order valence-electron chi connectivity index (χ1n) is 12.5. The van der Waals surface area contributed by atoms with E-state index in [-0.39, 0.29) is 11.0 Å². The Bertz CT molecular complexity index is 1190. The first-order valence-corrected chi connectivity index (χ1v) is 13.3.